The van der Waals surface area contributed by atoms with Crippen LogP contribution in [0.25, 0.3) is 0 Å². The second kappa shape index (κ2) is 5.21. The molecule has 0 aliphatic carbocycles. The minimum atomic E-state index is -3.74. The fourth-order valence-corrected chi connectivity index (χ4v) is 2.85. The molecule has 18 heavy (non-hydrogen) atoms. The number of primary sulfonamides is 1. The second-order valence-electron chi connectivity index (χ2n) is 4.43. The van der Waals surface area contributed by atoms with Crippen molar-refractivity contribution in [3.63, 3.8) is 0 Å². The van der Waals surface area contributed by atoms with Gasteiger partial charge in [0.2, 0.25) is 10.0 Å². The quantitative estimate of drug-likeness (QED) is 0.714. The number of nitrogens with zero attached hydrogens (tertiary/aromatic N) is 1. The Kier molecular flexibility index (Phi) is 4.30. The molecule has 0 saturated heterocycles. The molecule has 7 nitrogen and oxygen atoms in total. The molecule has 0 fully saturated rings. The maximum absolute atomic E-state index is 11.1. The van der Waals surface area contributed by atoms with Crippen LogP contribution in [0, 0.1) is 0 Å². The first-order chi connectivity index (χ1) is 8.10. The maximum atomic E-state index is 11.1. The summed E-state index contributed by atoms with van der Waals surface area (Å²) in [6.07, 6.45) is 1.59. The highest BCUT2D eigenvalue weighted by atomic mass is 32.2. The molecule has 1 aromatic heterocycles. The highest BCUT2D eigenvalue weighted by Gasteiger charge is 2.21. The van der Waals surface area contributed by atoms with Crippen LogP contribution in [0.5, 0.6) is 0 Å². The van der Waals surface area contributed by atoms with Crippen molar-refractivity contribution in [3.05, 3.63) is 6.20 Å². The van der Waals surface area contributed by atoms with E-state index < -0.39 is 21.5 Å². The molecule has 0 aliphatic heterocycles. The third-order valence-electron chi connectivity index (χ3n) is 2.17. The van der Waals surface area contributed by atoms with E-state index >= 15 is 0 Å². The van der Waals surface area contributed by atoms with Gasteiger partial charge in [-0.1, -0.05) is 11.3 Å². The fraction of sp³-hybridized carbons (Fsp3) is 0.556. The zero-order valence-corrected chi connectivity index (χ0v) is 11.6. The van der Waals surface area contributed by atoms with Crippen LogP contribution in [0.4, 0.5) is 5.13 Å². The first kappa shape index (κ1) is 14.9. The second-order valence-corrected chi connectivity index (χ2v) is 7.25. The van der Waals surface area contributed by atoms with Gasteiger partial charge in [0.25, 0.3) is 0 Å². The van der Waals surface area contributed by atoms with E-state index in [4.69, 9.17) is 10.2 Å². The molecule has 1 aromatic rings. The van der Waals surface area contributed by atoms with Crippen LogP contribution in [0.2, 0.25) is 0 Å². The van der Waals surface area contributed by atoms with Gasteiger partial charge in [0, 0.05) is 12.0 Å². The number of carbonyl (C=O) groups is 1. The van der Waals surface area contributed by atoms with E-state index in [2.05, 4.69) is 10.3 Å². The summed E-state index contributed by atoms with van der Waals surface area (Å²) in [6, 6.07) is 0. The van der Waals surface area contributed by atoms with Crippen molar-refractivity contribution in [1.82, 2.24) is 4.98 Å². The Balaban J connectivity index is 2.72. The number of carboxylic acid groups (broad SMARTS) is 1. The van der Waals surface area contributed by atoms with Crippen molar-refractivity contribution in [2.45, 2.75) is 36.4 Å². The van der Waals surface area contributed by atoms with Crippen LogP contribution in [0.15, 0.2) is 10.4 Å². The fourth-order valence-electron chi connectivity index (χ4n) is 1.22. The van der Waals surface area contributed by atoms with E-state index in [1.54, 1.807) is 0 Å². The molecule has 0 saturated carbocycles. The van der Waals surface area contributed by atoms with Gasteiger partial charge < -0.3 is 10.4 Å². The number of thiazole rings is 1. The highest BCUT2D eigenvalue weighted by molar-refractivity contribution is 7.91. The van der Waals surface area contributed by atoms with Crippen LogP contribution >= 0.6 is 11.3 Å². The highest BCUT2D eigenvalue weighted by Crippen LogP contribution is 2.26. The molecule has 102 valence electrons. The SMILES string of the molecule is CC(C)(CCC(=O)O)Nc1ncc(S(N)(=O)=O)s1. The average molecular weight is 293 g/mol. The van der Waals surface area contributed by atoms with E-state index in [1.165, 1.54) is 6.20 Å². The summed E-state index contributed by atoms with van der Waals surface area (Å²) in [4.78, 5) is 14.4. The summed E-state index contributed by atoms with van der Waals surface area (Å²) >= 11 is 0.918. The van der Waals surface area contributed by atoms with Gasteiger partial charge in [-0.25, -0.2) is 18.5 Å². The summed E-state index contributed by atoms with van der Waals surface area (Å²) < 4.78 is 22.1. The summed E-state index contributed by atoms with van der Waals surface area (Å²) in [5.74, 6) is -0.880. The lowest BCUT2D eigenvalue weighted by Crippen LogP contribution is -2.31. The lowest BCUT2D eigenvalue weighted by molar-refractivity contribution is -0.137. The van der Waals surface area contributed by atoms with Crippen LogP contribution in [-0.4, -0.2) is 30.0 Å². The predicted molar refractivity (Wildman–Crippen MR) is 68.1 cm³/mol. The van der Waals surface area contributed by atoms with Gasteiger partial charge in [0.1, 0.15) is 0 Å². The third-order valence-corrected chi connectivity index (χ3v) is 4.49. The third kappa shape index (κ3) is 4.59. The Labute approximate surface area is 109 Å². The summed E-state index contributed by atoms with van der Waals surface area (Å²) in [7, 11) is -3.74. The molecule has 0 amide bonds. The van der Waals surface area contributed by atoms with Crippen molar-refractivity contribution in [1.29, 1.82) is 0 Å². The Hall–Kier alpha value is -1.19. The molecule has 0 spiro atoms. The number of nitrogens with one attached hydrogen (secondary N) is 1. The molecule has 0 aliphatic rings. The first-order valence-electron chi connectivity index (χ1n) is 5.09. The van der Waals surface area contributed by atoms with E-state index in [9.17, 15) is 13.2 Å². The van der Waals surface area contributed by atoms with Crippen LogP contribution in [0.1, 0.15) is 26.7 Å². The van der Waals surface area contributed by atoms with Crippen LogP contribution in [0.3, 0.4) is 0 Å². The largest absolute Gasteiger partial charge is 0.481 e. The number of anilines is 1. The standard InChI is InChI=1S/C9H15N3O4S2/c1-9(2,4-3-6(13)14)12-8-11-5-7(17-8)18(10,15)16/h5H,3-4H2,1-2H3,(H,11,12)(H,13,14)(H2,10,15,16). The minimum Gasteiger partial charge on any atom is -0.481 e. The summed E-state index contributed by atoms with van der Waals surface area (Å²) in [5, 5.41) is 17.0. The zero-order valence-electron chi connectivity index (χ0n) is 10.0. The Morgan fingerprint density at radius 1 is 1.61 bits per heavy atom. The number of carboxylic acids is 1. The van der Waals surface area contributed by atoms with Gasteiger partial charge in [0.05, 0.1) is 6.20 Å². The molecule has 4 N–H and O–H groups in total. The molecule has 9 heteroatoms. The van der Waals surface area contributed by atoms with E-state index in [1.807, 2.05) is 13.8 Å². The van der Waals surface area contributed by atoms with Gasteiger partial charge in [0.15, 0.2) is 9.34 Å². The van der Waals surface area contributed by atoms with Gasteiger partial charge in [-0.2, -0.15) is 0 Å². The molecular weight excluding hydrogens is 278 g/mol. The van der Waals surface area contributed by atoms with Gasteiger partial charge in [-0.05, 0) is 20.3 Å². The molecule has 0 bridgehead atoms. The number of hydrogen-bond donors (Lipinski definition) is 3. The Bertz CT molecular complexity index is 536. The molecule has 0 radical (unpaired) electrons. The molecule has 0 unspecified atom stereocenters. The molecule has 0 atom stereocenters. The molecule has 1 rings (SSSR count). The monoisotopic (exact) mass is 293 g/mol. The van der Waals surface area contributed by atoms with E-state index in [0.717, 1.165) is 11.3 Å². The van der Waals surface area contributed by atoms with Crippen molar-refractivity contribution < 1.29 is 18.3 Å². The smallest absolute Gasteiger partial charge is 0.303 e. The van der Waals surface area contributed by atoms with Gasteiger partial charge in [-0.3, -0.25) is 4.79 Å². The van der Waals surface area contributed by atoms with Crippen molar-refractivity contribution >= 4 is 32.5 Å². The Morgan fingerprint density at radius 3 is 2.67 bits per heavy atom. The van der Waals surface area contributed by atoms with Crippen molar-refractivity contribution in [2.75, 3.05) is 5.32 Å². The van der Waals surface area contributed by atoms with Gasteiger partial charge in [-0.15, -0.1) is 0 Å². The topological polar surface area (TPSA) is 122 Å². The Morgan fingerprint density at radius 2 is 2.22 bits per heavy atom. The molecule has 0 aromatic carbocycles. The predicted octanol–water partition coefficient (Wildman–Crippen LogP) is 0.846. The zero-order chi connectivity index (χ0) is 14.0. The van der Waals surface area contributed by atoms with E-state index in [0.29, 0.717) is 11.6 Å². The minimum absolute atomic E-state index is 0.0212. The van der Waals surface area contributed by atoms with Crippen LogP contribution in [-0.2, 0) is 14.8 Å². The van der Waals surface area contributed by atoms with Crippen LogP contribution < -0.4 is 10.5 Å². The lowest BCUT2D eigenvalue weighted by Gasteiger charge is -2.25. The van der Waals surface area contributed by atoms with Crippen molar-refractivity contribution in [2.24, 2.45) is 5.14 Å². The number of rotatable bonds is 6. The lowest BCUT2D eigenvalue weighted by atomic mass is 9.99. The van der Waals surface area contributed by atoms with Gasteiger partial charge >= 0.3 is 5.97 Å². The number of nitrogens with two attached hydrogens (primary N) is 1. The normalized spacial score (nSPS) is 12.4. The van der Waals surface area contributed by atoms with E-state index in [-0.39, 0.29) is 10.6 Å². The summed E-state index contributed by atoms with van der Waals surface area (Å²) in [6.45, 7) is 3.63. The molecular formula is C9H15N3O4S2. The number of aliphatic carboxylic acids is 1. The van der Waals surface area contributed by atoms with Crippen molar-refractivity contribution in [3.8, 4) is 0 Å². The number of aromatic nitrogens is 1. The number of hydrogen-bond acceptors (Lipinski definition) is 6. The first-order valence-corrected chi connectivity index (χ1v) is 7.45. The number of sulfonamides is 1. The average Bonchev–Trinajstić information content (AvgIpc) is 2.62. The molecule has 1 heterocycles. The maximum Gasteiger partial charge on any atom is 0.303 e. The summed E-state index contributed by atoms with van der Waals surface area (Å²) in [5.41, 5.74) is -0.494.